The van der Waals surface area contributed by atoms with Crippen LogP contribution in [0.15, 0.2) is 9.70 Å². The summed E-state index contributed by atoms with van der Waals surface area (Å²) in [6.07, 6.45) is 4.73. The van der Waals surface area contributed by atoms with Crippen molar-refractivity contribution in [2.45, 2.75) is 53.5 Å². The molecule has 1 atom stereocenters. The number of aromatic nitrogens is 1. The van der Waals surface area contributed by atoms with Gasteiger partial charge in [-0.2, -0.15) is 5.26 Å². The minimum absolute atomic E-state index is 0.129. The zero-order chi connectivity index (χ0) is 24.1. The Morgan fingerprint density at radius 1 is 1.33 bits per heavy atom. The lowest BCUT2D eigenvalue weighted by molar-refractivity contribution is -0.122. The van der Waals surface area contributed by atoms with Crippen molar-refractivity contribution in [3.05, 3.63) is 31.9 Å². The summed E-state index contributed by atoms with van der Waals surface area (Å²) in [4.78, 5) is 30.7. The molecule has 0 saturated carbocycles. The molecule has 3 rings (SSSR count). The molecule has 1 amide bonds. The van der Waals surface area contributed by atoms with E-state index in [0.717, 1.165) is 37.3 Å². The van der Waals surface area contributed by atoms with Gasteiger partial charge in [0.2, 0.25) is 0 Å². The third kappa shape index (κ3) is 5.34. The Balaban J connectivity index is 2.07. The van der Waals surface area contributed by atoms with Crippen LogP contribution in [0.2, 0.25) is 0 Å². The van der Waals surface area contributed by atoms with E-state index in [1.165, 1.54) is 11.8 Å². The molecule has 2 fully saturated rings. The van der Waals surface area contributed by atoms with Crippen LogP contribution in [-0.2, 0) is 16.1 Å². The van der Waals surface area contributed by atoms with Gasteiger partial charge in [0, 0.05) is 45.0 Å². The number of hydrogen-bond donors (Lipinski definition) is 0. The number of anilines is 1. The summed E-state index contributed by atoms with van der Waals surface area (Å²) in [6, 6.07) is 2.09. The largest absolute Gasteiger partial charge is 0.382 e. The number of thioether (sulfide) groups is 1. The second-order valence-electron chi connectivity index (χ2n) is 8.48. The molecule has 3 heterocycles. The summed E-state index contributed by atoms with van der Waals surface area (Å²) in [5.41, 5.74) is 1.23. The van der Waals surface area contributed by atoms with E-state index < -0.39 is 0 Å². The van der Waals surface area contributed by atoms with E-state index in [-0.39, 0.29) is 17.0 Å². The summed E-state index contributed by atoms with van der Waals surface area (Å²) < 4.78 is 7.59. The predicted molar refractivity (Wildman–Crippen MR) is 137 cm³/mol. The van der Waals surface area contributed by atoms with Gasteiger partial charge in [0.1, 0.15) is 21.8 Å². The van der Waals surface area contributed by atoms with Crippen molar-refractivity contribution in [3.63, 3.8) is 0 Å². The number of hydrogen-bond acceptors (Lipinski definition) is 7. The number of piperidine rings is 1. The fraction of sp³-hybridized carbons (Fsp3) is 0.583. The van der Waals surface area contributed by atoms with Crippen molar-refractivity contribution in [3.8, 4) is 6.07 Å². The van der Waals surface area contributed by atoms with Gasteiger partial charge in [-0.05, 0) is 57.6 Å². The van der Waals surface area contributed by atoms with E-state index in [1.54, 1.807) is 16.4 Å². The number of thiocarbonyl (C=S) groups is 1. The summed E-state index contributed by atoms with van der Waals surface area (Å²) >= 11 is 6.76. The van der Waals surface area contributed by atoms with Crippen LogP contribution < -0.4 is 10.5 Å². The quantitative estimate of drug-likeness (QED) is 0.312. The molecule has 0 N–H and O–H groups in total. The molecule has 33 heavy (non-hydrogen) atoms. The Labute approximate surface area is 205 Å². The lowest BCUT2D eigenvalue weighted by Gasteiger charge is -2.35. The van der Waals surface area contributed by atoms with E-state index in [1.807, 2.05) is 19.9 Å². The van der Waals surface area contributed by atoms with Crippen LogP contribution >= 0.6 is 24.0 Å². The van der Waals surface area contributed by atoms with Gasteiger partial charge in [-0.25, -0.2) is 0 Å². The Bertz CT molecular complexity index is 1060. The third-order valence-electron chi connectivity index (χ3n) is 6.14. The molecule has 0 radical (unpaired) electrons. The molecule has 1 unspecified atom stereocenters. The lowest BCUT2D eigenvalue weighted by Crippen LogP contribution is -2.40. The van der Waals surface area contributed by atoms with Crippen molar-refractivity contribution in [1.82, 2.24) is 9.47 Å². The number of carbonyl (C=O) groups is 1. The van der Waals surface area contributed by atoms with Crippen molar-refractivity contribution in [2.75, 3.05) is 37.7 Å². The lowest BCUT2D eigenvalue weighted by atomic mass is 9.98. The third-order valence-corrected chi connectivity index (χ3v) is 7.52. The fourth-order valence-electron chi connectivity index (χ4n) is 4.45. The first-order valence-corrected chi connectivity index (χ1v) is 12.8. The van der Waals surface area contributed by atoms with Crippen LogP contribution in [0.3, 0.4) is 0 Å². The molecule has 1 aromatic rings. The maximum Gasteiger partial charge on any atom is 0.270 e. The molecule has 0 bridgehead atoms. The second kappa shape index (κ2) is 11.3. The van der Waals surface area contributed by atoms with Gasteiger partial charge in [-0.15, -0.1) is 0 Å². The number of rotatable bonds is 8. The number of nitrogens with zero attached hydrogens (tertiary/aromatic N) is 4. The Kier molecular flexibility index (Phi) is 8.74. The summed E-state index contributed by atoms with van der Waals surface area (Å²) in [5, 5.41) is 9.71. The van der Waals surface area contributed by atoms with Crippen LogP contribution in [-0.4, -0.2) is 52.5 Å². The topological polar surface area (TPSA) is 78.6 Å². The molecule has 2 aliphatic heterocycles. The van der Waals surface area contributed by atoms with Crippen LogP contribution in [0, 0.1) is 24.2 Å². The summed E-state index contributed by atoms with van der Waals surface area (Å²) in [7, 11) is 0. The van der Waals surface area contributed by atoms with Crippen LogP contribution in [0.1, 0.15) is 56.7 Å². The van der Waals surface area contributed by atoms with E-state index in [9.17, 15) is 14.9 Å². The first-order chi connectivity index (χ1) is 15.8. The number of ether oxygens (including phenoxy) is 1. The number of nitriles is 1. The minimum Gasteiger partial charge on any atom is -0.382 e. The monoisotopic (exact) mass is 488 g/mol. The SMILES string of the molecule is CCOCCCN1C(=O)/C(=C\c2c(C)c(C#N)c(=O)n(CC)c2N2CCCC(C)C2)SC1=S. The van der Waals surface area contributed by atoms with Gasteiger partial charge in [-0.1, -0.05) is 30.9 Å². The molecular formula is C24H32N4O3S2. The fourth-order valence-corrected chi connectivity index (χ4v) is 5.74. The Morgan fingerprint density at radius 3 is 2.73 bits per heavy atom. The highest BCUT2D eigenvalue weighted by atomic mass is 32.2. The average Bonchev–Trinajstić information content (AvgIpc) is 3.05. The smallest absolute Gasteiger partial charge is 0.270 e. The second-order valence-corrected chi connectivity index (χ2v) is 10.2. The number of amides is 1. The van der Waals surface area contributed by atoms with E-state index >= 15 is 0 Å². The molecule has 0 aromatic carbocycles. The van der Waals surface area contributed by atoms with Gasteiger partial charge in [0.25, 0.3) is 11.5 Å². The zero-order valence-electron chi connectivity index (χ0n) is 19.8. The number of pyridine rings is 1. The van der Waals surface area contributed by atoms with E-state index in [0.29, 0.717) is 53.4 Å². The van der Waals surface area contributed by atoms with Crippen molar-refractivity contribution < 1.29 is 9.53 Å². The van der Waals surface area contributed by atoms with Crippen LogP contribution in [0.25, 0.3) is 6.08 Å². The molecule has 1 aromatic heterocycles. The summed E-state index contributed by atoms with van der Waals surface area (Å²) in [6.45, 7) is 11.7. The molecule has 0 aliphatic carbocycles. The van der Waals surface area contributed by atoms with Crippen LogP contribution in [0.5, 0.6) is 0 Å². The van der Waals surface area contributed by atoms with Crippen molar-refractivity contribution in [1.29, 1.82) is 5.26 Å². The van der Waals surface area contributed by atoms with Gasteiger partial charge in [-0.3, -0.25) is 19.1 Å². The van der Waals surface area contributed by atoms with Gasteiger partial charge >= 0.3 is 0 Å². The Hall–Kier alpha value is -2.15. The first kappa shape index (κ1) is 25.5. The summed E-state index contributed by atoms with van der Waals surface area (Å²) in [5.74, 6) is 1.17. The number of carbonyl (C=O) groups excluding carboxylic acids is 1. The molecule has 0 spiro atoms. The Morgan fingerprint density at radius 2 is 2.09 bits per heavy atom. The zero-order valence-corrected chi connectivity index (χ0v) is 21.5. The highest BCUT2D eigenvalue weighted by Gasteiger charge is 2.33. The first-order valence-electron chi connectivity index (χ1n) is 11.6. The highest BCUT2D eigenvalue weighted by molar-refractivity contribution is 8.26. The van der Waals surface area contributed by atoms with Crippen molar-refractivity contribution >= 4 is 46.1 Å². The molecule has 178 valence electrons. The maximum absolute atomic E-state index is 13.2. The average molecular weight is 489 g/mol. The van der Waals surface area contributed by atoms with Gasteiger partial charge in [0.05, 0.1) is 4.91 Å². The highest BCUT2D eigenvalue weighted by Crippen LogP contribution is 2.36. The minimum atomic E-state index is -0.272. The molecule has 2 saturated heterocycles. The molecule has 9 heteroatoms. The van der Waals surface area contributed by atoms with E-state index in [2.05, 4.69) is 17.9 Å². The molecular weight excluding hydrogens is 456 g/mol. The normalized spacial score (nSPS) is 20.1. The maximum atomic E-state index is 13.2. The van der Waals surface area contributed by atoms with Crippen molar-refractivity contribution in [2.24, 2.45) is 5.92 Å². The molecule has 2 aliphatic rings. The standard InChI is InChI=1S/C24H32N4O3S2/c1-5-27-21(26-10-7-9-16(3)15-26)18(17(4)19(14-25)22(27)29)13-20-23(30)28(24(32)33-20)11-8-12-31-6-2/h13,16H,5-12,15H2,1-4H3/b20-13+. The van der Waals surface area contributed by atoms with Crippen LogP contribution in [0.4, 0.5) is 5.82 Å². The van der Waals surface area contributed by atoms with E-state index in [4.69, 9.17) is 17.0 Å². The molecule has 7 nitrogen and oxygen atoms in total. The van der Waals surface area contributed by atoms with Gasteiger partial charge < -0.3 is 9.64 Å². The van der Waals surface area contributed by atoms with Gasteiger partial charge in [0.15, 0.2) is 0 Å². The predicted octanol–water partition coefficient (Wildman–Crippen LogP) is 3.91.